The molecule has 4 amide bonds. The van der Waals surface area contributed by atoms with E-state index in [2.05, 4.69) is 26.3 Å². The molecule has 36 heteroatoms. The number of aromatic nitrogens is 1. The normalized spacial score (nSPS) is 18.0. The molecule has 36 nitrogen and oxygen atoms in total. The van der Waals surface area contributed by atoms with E-state index in [-0.39, 0.29) is 124 Å². The second kappa shape index (κ2) is 40.4. The average molecular weight is 1330 g/mol. The fourth-order valence-corrected chi connectivity index (χ4v) is 11.0. The third-order valence-electron chi connectivity index (χ3n) is 15.9. The highest BCUT2D eigenvalue weighted by atomic mass is 16.4. The number of fused-ring (bicyclic) bond motifs is 1. The predicted octanol–water partition coefficient (Wildman–Crippen LogP) is -4.85. The number of aliphatic carboxylic acids is 9. The lowest BCUT2D eigenvalue weighted by Gasteiger charge is -2.35. The van der Waals surface area contributed by atoms with Gasteiger partial charge in [-0.25, -0.2) is 0 Å². The molecule has 3 heterocycles. The van der Waals surface area contributed by atoms with Crippen LogP contribution >= 0.6 is 0 Å². The number of hydrogen-bond acceptors (Lipinski definition) is 22. The van der Waals surface area contributed by atoms with E-state index in [1.54, 1.807) is 30.5 Å². The van der Waals surface area contributed by atoms with E-state index in [0.717, 1.165) is 0 Å². The average Bonchev–Trinajstić information content (AvgIpc) is 1.66. The second-order valence-corrected chi connectivity index (χ2v) is 22.9. The fraction of sp³-hybridized carbons (Fsp3) is 0.621. The SMILES string of the molecule is O=C[C@@H](CCC(=O)O)NC(=O)[C@H](Cc1c[nH]c2ccccc12)NC(=O)[C@H](CCNC(=O)CCC(C(=O)O)N1CCN(CC(=O)O)CCN(CC(=O)O)CCN(CC(=O)O)CC1)NC(=O)CCC(C(=O)O)N1CCN(CC(=O)O)CCN(CC(=O)O)CCN(CC(=O)O)CC1. The Bertz CT molecular complexity index is 2870. The van der Waals surface area contributed by atoms with E-state index in [1.165, 1.54) is 39.2 Å². The summed E-state index contributed by atoms with van der Waals surface area (Å²) in [5, 5.41) is 99.3. The smallest absolute Gasteiger partial charge is 0.320 e. The van der Waals surface area contributed by atoms with Crippen molar-refractivity contribution in [2.75, 3.05) is 151 Å². The zero-order valence-corrected chi connectivity index (χ0v) is 52.1. The topological polar surface area (TPSA) is 511 Å². The maximum Gasteiger partial charge on any atom is 0.320 e. The number of para-hydroxylation sites is 1. The van der Waals surface area contributed by atoms with Crippen molar-refractivity contribution in [3.8, 4) is 0 Å². The Balaban J connectivity index is 1.63. The summed E-state index contributed by atoms with van der Waals surface area (Å²) < 4.78 is 0. The van der Waals surface area contributed by atoms with Gasteiger partial charge in [0.1, 0.15) is 30.5 Å². The number of rotatable bonds is 36. The first kappa shape index (κ1) is 77.7. The van der Waals surface area contributed by atoms with E-state index in [4.69, 9.17) is 0 Å². The van der Waals surface area contributed by atoms with Crippen LogP contribution in [0.5, 0.6) is 0 Å². The molecule has 2 aliphatic rings. The maximum atomic E-state index is 14.7. The molecule has 2 unspecified atom stereocenters. The highest BCUT2D eigenvalue weighted by molar-refractivity contribution is 5.94. The van der Waals surface area contributed by atoms with Gasteiger partial charge in [-0.15, -0.1) is 0 Å². The third-order valence-corrected chi connectivity index (χ3v) is 15.9. The first-order valence-electron chi connectivity index (χ1n) is 30.6. The lowest BCUT2D eigenvalue weighted by Crippen LogP contribution is -2.56. The van der Waals surface area contributed by atoms with Crippen LogP contribution in [-0.4, -0.2) is 355 Å². The molecule has 1 aromatic heterocycles. The number of H-pyrrole nitrogens is 1. The summed E-state index contributed by atoms with van der Waals surface area (Å²) in [6.45, 7) is -3.43. The van der Waals surface area contributed by atoms with Gasteiger partial charge in [-0.3, -0.25) is 102 Å². The number of amides is 4. The van der Waals surface area contributed by atoms with E-state index in [1.807, 2.05) is 0 Å². The Labute approximate surface area is 539 Å². The molecule has 0 spiro atoms. The van der Waals surface area contributed by atoms with Crippen molar-refractivity contribution in [3.05, 3.63) is 36.0 Å². The van der Waals surface area contributed by atoms with E-state index in [0.29, 0.717) is 22.8 Å². The van der Waals surface area contributed by atoms with Crippen LogP contribution in [0.1, 0.15) is 50.5 Å². The Kier molecular flexibility index (Phi) is 33.3. The van der Waals surface area contributed by atoms with Crippen LogP contribution in [0.2, 0.25) is 0 Å². The Morgan fingerprint density at radius 2 is 0.798 bits per heavy atom. The molecule has 4 rings (SSSR count). The Hall–Kier alpha value is -8.78. The van der Waals surface area contributed by atoms with Gasteiger partial charge in [-0.05, 0) is 37.3 Å². The van der Waals surface area contributed by atoms with Gasteiger partial charge in [0.15, 0.2) is 0 Å². The maximum absolute atomic E-state index is 14.7. The summed E-state index contributed by atoms with van der Waals surface area (Å²) >= 11 is 0. The van der Waals surface area contributed by atoms with E-state index < -0.39 is 185 Å². The lowest BCUT2D eigenvalue weighted by molar-refractivity contribution is -0.145. The number of carbonyl (C=O) groups excluding carboxylic acids is 5. The summed E-state index contributed by atoms with van der Waals surface area (Å²) in [6.07, 6.45) is -1.50. The van der Waals surface area contributed by atoms with Gasteiger partial charge in [0.05, 0.1) is 45.3 Å². The van der Waals surface area contributed by atoms with Gasteiger partial charge < -0.3 is 77.0 Å². The molecule has 2 aliphatic heterocycles. The third kappa shape index (κ3) is 29.4. The van der Waals surface area contributed by atoms with Crippen molar-refractivity contribution < 1.29 is 113 Å². The van der Waals surface area contributed by atoms with Crippen LogP contribution in [0.3, 0.4) is 0 Å². The van der Waals surface area contributed by atoms with Crippen LogP contribution in [0.25, 0.3) is 10.9 Å². The number of aldehydes is 1. The molecule has 0 saturated carbocycles. The fourth-order valence-electron chi connectivity index (χ4n) is 11.0. The van der Waals surface area contributed by atoms with Gasteiger partial charge in [0, 0.05) is 154 Å². The highest BCUT2D eigenvalue weighted by Gasteiger charge is 2.34. The van der Waals surface area contributed by atoms with Gasteiger partial charge in [-0.2, -0.15) is 0 Å². The van der Waals surface area contributed by atoms with Crippen LogP contribution in [0.4, 0.5) is 0 Å². The summed E-state index contributed by atoms with van der Waals surface area (Å²) in [7, 11) is 0. The molecule has 0 radical (unpaired) electrons. The molecule has 522 valence electrons. The minimum absolute atomic E-state index is 0.0255. The summed E-state index contributed by atoms with van der Waals surface area (Å²) in [5.41, 5.74) is 1.15. The van der Waals surface area contributed by atoms with Crippen molar-refractivity contribution >= 4 is 94.5 Å². The molecule has 94 heavy (non-hydrogen) atoms. The molecule has 1 aromatic carbocycles. The largest absolute Gasteiger partial charge is 0.481 e. The molecule has 14 N–H and O–H groups in total. The summed E-state index contributed by atoms with van der Waals surface area (Å²) in [4.78, 5) is 192. The van der Waals surface area contributed by atoms with Gasteiger partial charge in [-0.1, -0.05) is 18.2 Å². The lowest BCUT2D eigenvalue weighted by atomic mass is 10.0. The molecule has 2 aromatic rings. The van der Waals surface area contributed by atoms with Gasteiger partial charge >= 0.3 is 53.7 Å². The zero-order valence-electron chi connectivity index (χ0n) is 52.1. The number of hydrogen-bond donors (Lipinski definition) is 14. The van der Waals surface area contributed by atoms with Crippen molar-refractivity contribution in [3.63, 3.8) is 0 Å². The van der Waals surface area contributed by atoms with Crippen LogP contribution in [0, 0.1) is 0 Å². The quantitative estimate of drug-likeness (QED) is 0.0285. The van der Waals surface area contributed by atoms with E-state index >= 15 is 0 Å². The van der Waals surface area contributed by atoms with Gasteiger partial charge in [0.25, 0.3) is 0 Å². The number of carboxylic acid groups (broad SMARTS) is 9. The van der Waals surface area contributed by atoms with Crippen LogP contribution in [-0.2, 0) is 73.5 Å². The number of nitrogens with zero attached hydrogens (tertiary/aromatic N) is 8. The number of nitrogens with one attached hydrogen (secondary N) is 5. The summed E-state index contributed by atoms with van der Waals surface area (Å²) in [6, 6.07) is -0.460. The molecule has 5 atom stereocenters. The minimum atomic E-state index is -1.65. The minimum Gasteiger partial charge on any atom is -0.481 e. The van der Waals surface area contributed by atoms with E-state index in [9.17, 15) is 113 Å². The molecule has 2 saturated heterocycles. The van der Waals surface area contributed by atoms with Crippen molar-refractivity contribution in [1.82, 2.24) is 65.5 Å². The first-order chi connectivity index (χ1) is 44.6. The molecule has 2 fully saturated rings. The standard InChI is InChI=1S/C58H87N13O23/c72-37-39(5-10-48(75)76)61-56(90)43(29-38-30-60-41-4-2-1-3-40(38)41)63-55(89)42(62-47(74)9-7-45(58(93)94)71-27-23-68(35-53(85)86)19-15-65(32-50(79)80)16-20-69(24-28-71)36-54(87)88)11-12-59-46(73)8-6-44(57(91)92)70-25-21-66(33-51(81)82)17-13-64(31-49(77)78)14-18-67(22-26-70)34-52(83)84/h1-4,30,37,39,42-45,60H,5-29,31-36H2,(H,59,73)(H,61,90)(H,62,74)(H,63,89)(H,75,76)(H,77,78)(H,79,80)(H,81,82)(H,83,84)(H,85,86)(H,87,88)(H,91,92)(H,93,94)/t39-,42+,43+,44?,45?/m1/s1. The number of aromatic amines is 1. The van der Waals surface area contributed by atoms with Gasteiger partial charge in [0.2, 0.25) is 23.6 Å². The molecular weight excluding hydrogens is 1250 g/mol. The summed E-state index contributed by atoms with van der Waals surface area (Å²) in [5.74, 6) is -14.9. The monoisotopic (exact) mass is 1330 g/mol. The molecule has 0 bridgehead atoms. The molecule has 0 aliphatic carbocycles. The van der Waals surface area contributed by atoms with Crippen LogP contribution < -0.4 is 21.3 Å². The van der Waals surface area contributed by atoms with Crippen molar-refractivity contribution in [2.24, 2.45) is 0 Å². The highest BCUT2D eigenvalue weighted by Crippen LogP contribution is 2.20. The van der Waals surface area contributed by atoms with Crippen molar-refractivity contribution in [2.45, 2.75) is 81.6 Å². The Morgan fingerprint density at radius 1 is 0.426 bits per heavy atom. The number of carbonyl (C=O) groups is 14. The number of carboxylic acids is 9. The zero-order chi connectivity index (χ0) is 69.4. The molecular formula is C58H87N13O23. The van der Waals surface area contributed by atoms with Crippen LogP contribution in [0.15, 0.2) is 30.5 Å². The first-order valence-corrected chi connectivity index (χ1v) is 30.6. The predicted molar refractivity (Wildman–Crippen MR) is 327 cm³/mol. The van der Waals surface area contributed by atoms with Crippen molar-refractivity contribution in [1.29, 1.82) is 0 Å². The Morgan fingerprint density at radius 3 is 1.17 bits per heavy atom. The second-order valence-electron chi connectivity index (χ2n) is 22.9. The number of benzene rings is 1.